The van der Waals surface area contributed by atoms with Gasteiger partial charge in [0.25, 0.3) is 0 Å². The Hall–Kier alpha value is -2.48. The van der Waals surface area contributed by atoms with E-state index in [1.165, 1.54) is 47.5 Å². The van der Waals surface area contributed by atoms with Crippen LogP contribution in [0, 0.1) is 22.8 Å². The summed E-state index contributed by atoms with van der Waals surface area (Å²) in [6.45, 7) is 23.5. The second kappa shape index (κ2) is 16.3. The molecule has 0 unspecified atom stereocenters. The Kier molecular flexibility index (Phi) is 13.2. The monoisotopic (exact) mass is 918 g/mol. The number of aliphatic hydroxyl groups excluding tert-OH is 1. The number of thiophene rings is 3. The number of allylic oxidation sites excluding steroid dienone is 2. The Morgan fingerprint density at radius 1 is 0.882 bits per heavy atom. The van der Waals surface area contributed by atoms with Crippen molar-refractivity contribution < 1.29 is 30.0 Å². The maximum absolute atomic E-state index is 12.2. The maximum Gasteiger partial charge on any atom is 0.164 e. The number of nitrogens with zero attached hydrogens (tertiary/aromatic N) is 2. The number of aliphatic hydroxyl groups is 1. The van der Waals surface area contributed by atoms with Crippen LogP contribution in [0.5, 0.6) is 0 Å². The van der Waals surface area contributed by atoms with E-state index in [1.807, 2.05) is 64.2 Å². The molecular weight excluding hydrogens is 865 g/mol. The van der Waals surface area contributed by atoms with Gasteiger partial charge in [0.1, 0.15) is 12.1 Å². The first kappa shape index (κ1) is 41.3. The van der Waals surface area contributed by atoms with Gasteiger partial charge in [-0.25, -0.2) is 4.98 Å². The fraction of sp³-hybridized carbons (Fsp3) is 0.465. The minimum Gasteiger partial charge on any atom is -0.512 e. The van der Waals surface area contributed by atoms with Gasteiger partial charge in [0.05, 0.1) is 5.52 Å². The molecule has 0 spiro atoms. The van der Waals surface area contributed by atoms with Gasteiger partial charge in [-0.1, -0.05) is 87.3 Å². The first-order valence-electron chi connectivity index (χ1n) is 18.1. The Morgan fingerprint density at radius 2 is 1.53 bits per heavy atom. The molecule has 0 bridgehead atoms. The number of carbonyl (C=O) groups is 1. The molecule has 4 nitrogen and oxygen atoms in total. The zero-order chi connectivity index (χ0) is 36.6. The van der Waals surface area contributed by atoms with Crippen LogP contribution in [-0.4, -0.2) is 20.9 Å². The van der Waals surface area contributed by atoms with Crippen molar-refractivity contribution in [2.45, 2.75) is 114 Å². The first-order chi connectivity index (χ1) is 23.6. The van der Waals surface area contributed by atoms with Crippen molar-refractivity contribution >= 4 is 80.3 Å². The topological polar surface area (TPSA) is 63.1 Å². The number of benzene rings is 2. The summed E-state index contributed by atoms with van der Waals surface area (Å²) < 4.78 is 5.11. The van der Waals surface area contributed by atoms with Crippen molar-refractivity contribution in [1.29, 1.82) is 0 Å². The molecule has 0 atom stereocenters. The number of hydrogen-bond acceptors (Lipinski definition) is 7. The quantitative estimate of drug-likeness (QED) is 0.0845. The third-order valence-corrected chi connectivity index (χ3v) is 13.9. The van der Waals surface area contributed by atoms with Crippen LogP contribution in [0.15, 0.2) is 53.2 Å². The summed E-state index contributed by atoms with van der Waals surface area (Å²) in [5.41, 5.74) is 5.37. The molecule has 0 aliphatic carbocycles. The molecule has 8 heteroatoms. The molecule has 4 aromatic heterocycles. The standard InChI is InChI=1S/C28H25N2S3.C15H28O2.Ir/c1-15(2)8-18-13-32-22-12-20-23(11-19(18)22)33-27-24(29-14-30-25(20)27)17-9-16-6-7-31-26(16)21(10-17)28(3,4)5;1-7-14(5,8-2)12(16)11-13(17)15(6,9-3)10-4;/h6-7,10-15H,8H2,1-5H3;11,16H,7-10H2,1-6H3;/q-1;;/b;12-11-;. The van der Waals surface area contributed by atoms with Gasteiger partial charge in [-0.15, -0.1) is 46.3 Å². The van der Waals surface area contributed by atoms with Gasteiger partial charge in [-0.3, -0.25) is 9.78 Å². The largest absolute Gasteiger partial charge is 0.512 e. The summed E-state index contributed by atoms with van der Waals surface area (Å²) in [5, 5.41) is 18.4. The Bertz CT molecular complexity index is 2170. The van der Waals surface area contributed by atoms with Crippen molar-refractivity contribution in [2.75, 3.05) is 0 Å². The van der Waals surface area contributed by atoms with E-state index in [9.17, 15) is 9.90 Å². The number of carbonyl (C=O) groups excluding carboxylic acids is 1. The van der Waals surface area contributed by atoms with Crippen LogP contribution in [0.3, 0.4) is 0 Å². The van der Waals surface area contributed by atoms with Gasteiger partial charge in [0.15, 0.2) is 5.78 Å². The van der Waals surface area contributed by atoms with E-state index < -0.39 is 0 Å². The first-order valence-corrected chi connectivity index (χ1v) is 20.6. The minimum absolute atomic E-state index is 0. The number of ketones is 1. The van der Waals surface area contributed by atoms with Crippen LogP contribution in [0.1, 0.15) is 113 Å². The van der Waals surface area contributed by atoms with E-state index in [0.29, 0.717) is 5.92 Å². The molecular formula is C43H53IrN2O2S3-. The summed E-state index contributed by atoms with van der Waals surface area (Å²) in [6.07, 6.45) is 7.59. The summed E-state index contributed by atoms with van der Waals surface area (Å²) in [7, 11) is 0. The van der Waals surface area contributed by atoms with Crippen molar-refractivity contribution in [1.82, 2.24) is 9.97 Å². The molecule has 0 saturated carbocycles. The molecule has 0 saturated heterocycles. The molecule has 6 rings (SSSR count). The molecule has 6 aromatic rings. The average molecular weight is 918 g/mol. The summed E-state index contributed by atoms with van der Waals surface area (Å²) in [5.74, 6) is 0.937. The van der Waals surface area contributed by atoms with Crippen LogP contribution in [0.4, 0.5) is 0 Å². The van der Waals surface area contributed by atoms with Crippen LogP contribution < -0.4 is 0 Å². The van der Waals surface area contributed by atoms with Gasteiger partial charge < -0.3 is 5.11 Å². The molecule has 1 radical (unpaired) electrons. The summed E-state index contributed by atoms with van der Waals surface area (Å²) in [4.78, 5) is 21.7. The molecule has 0 aliphatic heterocycles. The SMILES string of the molecule is CC(C)Cc1csc2cc3c(cc12)sc1c(-c2[c-]c4ccsc4c(C(C)(C)C)c2)ncnc13.CCC(C)(CC)C(=O)/C=C(\O)C(C)(CC)CC.[Ir]. The zero-order valence-corrected chi connectivity index (χ0v) is 36.9. The van der Waals surface area contributed by atoms with Gasteiger partial charge >= 0.3 is 0 Å². The third-order valence-electron chi connectivity index (χ3n) is 10.8. The molecule has 0 fully saturated rings. The van der Waals surface area contributed by atoms with Crippen LogP contribution >= 0.6 is 34.0 Å². The van der Waals surface area contributed by atoms with E-state index in [-0.39, 0.29) is 47.9 Å². The smallest absolute Gasteiger partial charge is 0.164 e. The van der Waals surface area contributed by atoms with Crippen LogP contribution in [-0.2, 0) is 36.7 Å². The van der Waals surface area contributed by atoms with Crippen molar-refractivity contribution in [3.63, 3.8) is 0 Å². The average Bonchev–Trinajstić information content (AvgIpc) is 3.82. The predicted octanol–water partition coefficient (Wildman–Crippen LogP) is 13.9. The van der Waals surface area contributed by atoms with Crippen LogP contribution in [0.2, 0.25) is 0 Å². The Balaban J connectivity index is 0.000000279. The van der Waals surface area contributed by atoms with E-state index in [2.05, 4.69) is 75.7 Å². The molecule has 51 heavy (non-hydrogen) atoms. The maximum atomic E-state index is 12.2. The molecule has 4 heterocycles. The molecule has 275 valence electrons. The predicted molar refractivity (Wildman–Crippen MR) is 220 cm³/mol. The Morgan fingerprint density at radius 3 is 2.14 bits per heavy atom. The van der Waals surface area contributed by atoms with Crippen LogP contribution in [0.25, 0.3) is 51.7 Å². The second-order valence-electron chi connectivity index (χ2n) is 15.6. The van der Waals surface area contributed by atoms with E-state index in [0.717, 1.165) is 53.6 Å². The van der Waals surface area contributed by atoms with Crippen molar-refractivity contribution in [3.05, 3.63) is 70.4 Å². The van der Waals surface area contributed by atoms with E-state index in [1.54, 1.807) is 17.7 Å². The van der Waals surface area contributed by atoms with Crippen molar-refractivity contribution in [3.8, 4) is 11.3 Å². The Labute approximate surface area is 330 Å². The number of hydrogen-bond donors (Lipinski definition) is 1. The van der Waals surface area contributed by atoms with Gasteiger partial charge in [-0.2, -0.15) is 11.3 Å². The van der Waals surface area contributed by atoms with Gasteiger partial charge in [0.2, 0.25) is 0 Å². The zero-order valence-electron chi connectivity index (χ0n) is 32.0. The van der Waals surface area contributed by atoms with Crippen molar-refractivity contribution in [2.24, 2.45) is 16.7 Å². The normalized spacial score (nSPS) is 12.9. The third kappa shape index (κ3) is 8.36. The van der Waals surface area contributed by atoms with Gasteiger partial charge in [-0.05, 0) is 82.0 Å². The molecule has 1 N–H and O–H groups in total. The minimum atomic E-state index is -0.337. The summed E-state index contributed by atoms with van der Waals surface area (Å²) >= 11 is 5.46. The number of rotatable bonds is 10. The van der Waals surface area contributed by atoms with E-state index in [4.69, 9.17) is 9.97 Å². The number of aromatic nitrogens is 2. The fourth-order valence-electron chi connectivity index (χ4n) is 6.31. The summed E-state index contributed by atoms with van der Waals surface area (Å²) in [6, 6.07) is 12.8. The molecule has 2 aromatic carbocycles. The van der Waals surface area contributed by atoms with E-state index >= 15 is 0 Å². The molecule has 0 amide bonds. The number of fused-ring (bicyclic) bond motifs is 5. The van der Waals surface area contributed by atoms with Gasteiger partial charge in [0, 0.05) is 62.2 Å². The fourth-order valence-corrected chi connectivity index (χ4v) is 9.57. The molecule has 0 aliphatic rings. The second-order valence-corrected chi connectivity index (χ2v) is 18.5.